The van der Waals surface area contributed by atoms with Gasteiger partial charge in [0.25, 0.3) is 5.91 Å². The number of nitrogens with one attached hydrogen (secondary N) is 1. The molecule has 0 spiro atoms. The largest absolute Gasteiger partial charge is 0.476 e. The second kappa shape index (κ2) is 6.58. The number of rotatable bonds is 5. The van der Waals surface area contributed by atoms with Crippen molar-refractivity contribution < 1.29 is 19.4 Å². The third-order valence-electron chi connectivity index (χ3n) is 2.69. The van der Waals surface area contributed by atoms with Crippen LogP contribution < -0.4 is 5.32 Å². The van der Waals surface area contributed by atoms with Gasteiger partial charge in [0.05, 0.1) is 6.61 Å². The van der Waals surface area contributed by atoms with Crippen LogP contribution in [0.25, 0.3) is 0 Å². The number of anilines is 1. The third-order valence-corrected chi connectivity index (χ3v) is 2.69. The molecule has 0 aliphatic rings. The van der Waals surface area contributed by atoms with E-state index in [1.54, 1.807) is 24.3 Å². The van der Waals surface area contributed by atoms with Crippen molar-refractivity contribution in [3.05, 3.63) is 53.5 Å². The van der Waals surface area contributed by atoms with Gasteiger partial charge in [0.15, 0.2) is 11.5 Å². The van der Waals surface area contributed by atoms with Crippen LogP contribution in [0.15, 0.2) is 36.7 Å². The monoisotopic (exact) mass is 287 g/mol. The number of ether oxygens (including phenoxy) is 1. The highest BCUT2D eigenvalue weighted by atomic mass is 16.5. The number of hydrogen-bond acceptors (Lipinski definition) is 5. The number of aromatic nitrogens is 2. The molecule has 0 saturated heterocycles. The maximum absolute atomic E-state index is 12.3. The third kappa shape index (κ3) is 3.40. The predicted molar refractivity (Wildman–Crippen MR) is 74.1 cm³/mol. The van der Waals surface area contributed by atoms with Crippen LogP contribution in [0.4, 0.5) is 5.82 Å². The summed E-state index contributed by atoms with van der Waals surface area (Å²) < 4.78 is 5.03. The Kier molecular flexibility index (Phi) is 4.57. The number of methoxy groups -OCH3 is 1. The van der Waals surface area contributed by atoms with Crippen LogP contribution in [0.3, 0.4) is 0 Å². The Morgan fingerprint density at radius 1 is 1.24 bits per heavy atom. The molecule has 0 aliphatic heterocycles. The number of carboxylic acid groups (broad SMARTS) is 1. The van der Waals surface area contributed by atoms with E-state index in [4.69, 9.17) is 9.84 Å². The van der Waals surface area contributed by atoms with E-state index < -0.39 is 11.9 Å². The van der Waals surface area contributed by atoms with Crippen molar-refractivity contribution in [3.8, 4) is 0 Å². The topological polar surface area (TPSA) is 101 Å². The summed E-state index contributed by atoms with van der Waals surface area (Å²) >= 11 is 0. The van der Waals surface area contributed by atoms with Crippen molar-refractivity contribution in [1.82, 2.24) is 9.97 Å². The van der Waals surface area contributed by atoms with E-state index >= 15 is 0 Å². The van der Waals surface area contributed by atoms with E-state index in [1.165, 1.54) is 19.5 Å². The van der Waals surface area contributed by atoms with Crippen LogP contribution in [0.1, 0.15) is 26.4 Å². The smallest absolute Gasteiger partial charge is 0.358 e. The summed E-state index contributed by atoms with van der Waals surface area (Å²) in [6.45, 7) is 0.274. The van der Waals surface area contributed by atoms with Crippen LogP contribution in [0.2, 0.25) is 0 Å². The van der Waals surface area contributed by atoms with E-state index in [-0.39, 0.29) is 18.1 Å². The van der Waals surface area contributed by atoms with Crippen LogP contribution in [-0.4, -0.2) is 34.1 Å². The normalized spacial score (nSPS) is 10.1. The molecule has 0 fully saturated rings. The molecule has 21 heavy (non-hydrogen) atoms. The number of amides is 1. The molecule has 7 nitrogen and oxygen atoms in total. The lowest BCUT2D eigenvalue weighted by atomic mass is 10.1. The van der Waals surface area contributed by atoms with Gasteiger partial charge in [-0.15, -0.1) is 0 Å². The summed E-state index contributed by atoms with van der Waals surface area (Å²) in [7, 11) is 1.53. The van der Waals surface area contributed by atoms with Gasteiger partial charge >= 0.3 is 5.97 Å². The standard InChI is InChI=1S/C14H13N3O4/c1-21-8-9-4-2-3-5-10(9)13(18)17-12-11(14(19)20)15-6-7-16-12/h2-7H,8H2,1H3,(H,19,20)(H,16,17,18). The first kappa shape index (κ1) is 14.6. The van der Waals surface area contributed by atoms with Gasteiger partial charge in [0.2, 0.25) is 0 Å². The fourth-order valence-electron chi connectivity index (χ4n) is 1.78. The zero-order valence-corrected chi connectivity index (χ0v) is 11.2. The molecule has 2 rings (SSSR count). The fraction of sp³-hybridized carbons (Fsp3) is 0.143. The quantitative estimate of drug-likeness (QED) is 0.865. The summed E-state index contributed by atoms with van der Waals surface area (Å²) in [6, 6.07) is 6.88. The van der Waals surface area contributed by atoms with Crippen molar-refractivity contribution in [1.29, 1.82) is 0 Å². The molecule has 0 saturated carbocycles. The number of aromatic carboxylic acids is 1. The Balaban J connectivity index is 2.29. The molecule has 1 amide bonds. The lowest BCUT2D eigenvalue weighted by Gasteiger charge is -2.10. The van der Waals surface area contributed by atoms with Crippen LogP contribution in [-0.2, 0) is 11.3 Å². The van der Waals surface area contributed by atoms with Gasteiger partial charge in [0, 0.05) is 25.1 Å². The van der Waals surface area contributed by atoms with Gasteiger partial charge in [-0.2, -0.15) is 0 Å². The zero-order chi connectivity index (χ0) is 15.2. The fourth-order valence-corrected chi connectivity index (χ4v) is 1.78. The highest BCUT2D eigenvalue weighted by Gasteiger charge is 2.17. The lowest BCUT2D eigenvalue weighted by Crippen LogP contribution is -2.18. The molecule has 7 heteroatoms. The summed E-state index contributed by atoms with van der Waals surface area (Å²) in [4.78, 5) is 30.8. The number of nitrogens with zero attached hydrogens (tertiary/aromatic N) is 2. The minimum Gasteiger partial charge on any atom is -0.476 e. The van der Waals surface area contributed by atoms with Gasteiger partial charge in [-0.3, -0.25) is 4.79 Å². The summed E-state index contributed by atoms with van der Waals surface area (Å²) in [5.74, 6) is -1.82. The van der Waals surface area contributed by atoms with Gasteiger partial charge in [-0.1, -0.05) is 18.2 Å². The molecular weight excluding hydrogens is 274 g/mol. The second-order valence-corrected chi connectivity index (χ2v) is 4.10. The molecule has 1 heterocycles. The van der Waals surface area contributed by atoms with Gasteiger partial charge in [0.1, 0.15) is 0 Å². The highest BCUT2D eigenvalue weighted by molar-refractivity contribution is 6.07. The van der Waals surface area contributed by atoms with Gasteiger partial charge in [-0.25, -0.2) is 14.8 Å². The van der Waals surface area contributed by atoms with E-state index in [1.807, 2.05) is 0 Å². The van der Waals surface area contributed by atoms with Gasteiger partial charge < -0.3 is 15.2 Å². The minimum absolute atomic E-state index is 0.0952. The molecule has 2 N–H and O–H groups in total. The maximum atomic E-state index is 12.3. The lowest BCUT2D eigenvalue weighted by molar-refractivity contribution is 0.0691. The van der Waals surface area contributed by atoms with Crippen molar-refractivity contribution in [2.75, 3.05) is 12.4 Å². The SMILES string of the molecule is COCc1ccccc1C(=O)Nc1nccnc1C(=O)O. The van der Waals surface area contributed by atoms with Crippen LogP contribution in [0, 0.1) is 0 Å². The zero-order valence-electron chi connectivity index (χ0n) is 11.2. The average molecular weight is 287 g/mol. The van der Waals surface area contributed by atoms with Crippen molar-refractivity contribution in [2.45, 2.75) is 6.61 Å². The van der Waals surface area contributed by atoms with Crippen molar-refractivity contribution >= 4 is 17.7 Å². The minimum atomic E-state index is -1.26. The number of carbonyl (C=O) groups is 2. The molecule has 108 valence electrons. The first-order valence-electron chi connectivity index (χ1n) is 6.06. The van der Waals surface area contributed by atoms with Crippen LogP contribution >= 0.6 is 0 Å². The molecule has 0 unspecified atom stereocenters. The Hall–Kier alpha value is -2.80. The Morgan fingerprint density at radius 3 is 2.67 bits per heavy atom. The molecule has 2 aromatic rings. The number of carbonyl (C=O) groups excluding carboxylic acids is 1. The highest BCUT2D eigenvalue weighted by Crippen LogP contribution is 2.14. The van der Waals surface area contributed by atoms with E-state index in [2.05, 4.69) is 15.3 Å². The van der Waals surface area contributed by atoms with E-state index in [0.29, 0.717) is 11.1 Å². The number of benzene rings is 1. The molecule has 0 bridgehead atoms. The first-order chi connectivity index (χ1) is 10.1. The molecular formula is C14H13N3O4. The first-order valence-corrected chi connectivity index (χ1v) is 6.06. The summed E-state index contributed by atoms with van der Waals surface area (Å²) in [5, 5.41) is 11.5. The van der Waals surface area contributed by atoms with Crippen molar-refractivity contribution in [3.63, 3.8) is 0 Å². The van der Waals surface area contributed by atoms with Gasteiger partial charge in [-0.05, 0) is 11.6 Å². The van der Waals surface area contributed by atoms with E-state index in [0.717, 1.165) is 0 Å². The second-order valence-electron chi connectivity index (χ2n) is 4.10. The molecule has 0 atom stereocenters. The average Bonchev–Trinajstić information content (AvgIpc) is 2.48. The molecule has 1 aromatic carbocycles. The number of carboxylic acids is 1. The maximum Gasteiger partial charge on any atom is 0.358 e. The Bertz CT molecular complexity index is 673. The summed E-state index contributed by atoms with van der Waals surface area (Å²) in [5.41, 5.74) is 0.773. The molecule has 1 aromatic heterocycles. The Labute approximate surface area is 120 Å². The molecule has 0 radical (unpaired) electrons. The Morgan fingerprint density at radius 2 is 1.95 bits per heavy atom. The predicted octanol–water partition coefficient (Wildman–Crippen LogP) is 1.57. The molecule has 0 aliphatic carbocycles. The van der Waals surface area contributed by atoms with Crippen LogP contribution in [0.5, 0.6) is 0 Å². The summed E-state index contributed by atoms with van der Waals surface area (Å²) in [6.07, 6.45) is 2.56. The number of hydrogen-bond donors (Lipinski definition) is 2. The van der Waals surface area contributed by atoms with Crippen molar-refractivity contribution in [2.24, 2.45) is 0 Å². The van der Waals surface area contributed by atoms with E-state index in [9.17, 15) is 9.59 Å².